The Morgan fingerprint density at radius 1 is 1.12 bits per heavy atom. The molecule has 0 radical (unpaired) electrons. The van der Waals surface area contributed by atoms with Gasteiger partial charge in [-0.25, -0.2) is 9.37 Å². The summed E-state index contributed by atoms with van der Waals surface area (Å²) in [4.78, 5) is 3.76. The van der Waals surface area contributed by atoms with E-state index in [0.717, 1.165) is 12.3 Å². The number of halogens is 4. The number of aromatic nitrogens is 1. The molecule has 17 heavy (non-hydrogen) atoms. The number of pyridine rings is 1. The third-order valence-electron chi connectivity index (χ3n) is 2.11. The predicted octanol–water partition coefficient (Wildman–Crippen LogP) is 4.55. The molecule has 1 heterocycles. The molecule has 0 aliphatic carbocycles. The van der Waals surface area contributed by atoms with Gasteiger partial charge in [-0.1, -0.05) is 34.8 Å². The van der Waals surface area contributed by atoms with Gasteiger partial charge in [0.1, 0.15) is 11.4 Å². The minimum Gasteiger partial charge on any atom is -0.506 e. The predicted molar refractivity (Wildman–Crippen MR) is 66.3 cm³/mol. The summed E-state index contributed by atoms with van der Waals surface area (Å²) in [7, 11) is 0. The molecule has 0 aliphatic heterocycles. The first-order valence-corrected chi connectivity index (χ1v) is 5.62. The van der Waals surface area contributed by atoms with Crippen LogP contribution in [-0.4, -0.2) is 10.1 Å². The van der Waals surface area contributed by atoms with Crippen molar-refractivity contribution in [3.63, 3.8) is 0 Å². The fraction of sp³-hybridized carbons (Fsp3) is 0. The second kappa shape index (κ2) is 4.69. The standard InChI is InChI=1S/C11H5Cl3FNO/c12-6-1-2-7(13)10(14)9(6)11-8(15)3-5(17)4-16-11/h1-4,17H. The van der Waals surface area contributed by atoms with Crippen molar-refractivity contribution >= 4 is 34.8 Å². The Labute approximate surface area is 112 Å². The van der Waals surface area contributed by atoms with Gasteiger partial charge in [-0.05, 0) is 12.1 Å². The smallest absolute Gasteiger partial charge is 0.153 e. The second-order valence-electron chi connectivity index (χ2n) is 3.24. The van der Waals surface area contributed by atoms with E-state index in [9.17, 15) is 4.39 Å². The molecule has 88 valence electrons. The van der Waals surface area contributed by atoms with Gasteiger partial charge in [0.2, 0.25) is 0 Å². The molecule has 0 saturated heterocycles. The van der Waals surface area contributed by atoms with E-state index < -0.39 is 5.82 Å². The summed E-state index contributed by atoms with van der Waals surface area (Å²) < 4.78 is 13.6. The molecule has 1 N–H and O–H groups in total. The maximum Gasteiger partial charge on any atom is 0.153 e. The molecule has 2 rings (SSSR count). The highest BCUT2D eigenvalue weighted by molar-refractivity contribution is 6.46. The van der Waals surface area contributed by atoms with Crippen molar-refractivity contribution in [1.82, 2.24) is 4.98 Å². The summed E-state index contributed by atoms with van der Waals surface area (Å²) in [6, 6.07) is 3.93. The van der Waals surface area contributed by atoms with Gasteiger partial charge in [-0.3, -0.25) is 0 Å². The first kappa shape index (κ1) is 12.4. The molecule has 2 nitrogen and oxygen atoms in total. The highest BCUT2D eigenvalue weighted by Crippen LogP contribution is 2.39. The molecule has 0 atom stereocenters. The van der Waals surface area contributed by atoms with E-state index in [1.54, 1.807) is 0 Å². The Morgan fingerprint density at radius 2 is 1.76 bits per heavy atom. The van der Waals surface area contributed by atoms with Crippen LogP contribution in [0.15, 0.2) is 24.4 Å². The second-order valence-corrected chi connectivity index (χ2v) is 4.43. The lowest BCUT2D eigenvalue weighted by Gasteiger charge is -2.08. The van der Waals surface area contributed by atoms with E-state index in [4.69, 9.17) is 39.9 Å². The Kier molecular flexibility index (Phi) is 3.43. The molecule has 0 amide bonds. The lowest BCUT2D eigenvalue weighted by Crippen LogP contribution is -1.91. The summed E-state index contributed by atoms with van der Waals surface area (Å²) in [6.07, 6.45) is 1.10. The van der Waals surface area contributed by atoms with E-state index >= 15 is 0 Å². The van der Waals surface area contributed by atoms with Crippen LogP contribution in [0.4, 0.5) is 4.39 Å². The summed E-state index contributed by atoms with van der Waals surface area (Å²) >= 11 is 17.7. The van der Waals surface area contributed by atoms with Gasteiger partial charge in [0.25, 0.3) is 0 Å². The average molecular weight is 293 g/mol. The van der Waals surface area contributed by atoms with Crippen molar-refractivity contribution < 1.29 is 9.50 Å². The van der Waals surface area contributed by atoms with Gasteiger partial charge in [0.05, 0.1) is 21.3 Å². The highest BCUT2D eigenvalue weighted by atomic mass is 35.5. The molecule has 0 bridgehead atoms. The van der Waals surface area contributed by atoms with Crippen molar-refractivity contribution in [2.75, 3.05) is 0 Å². The average Bonchev–Trinajstić information content (AvgIpc) is 2.27. The van der Waals surface area contributed by atoms with Crippen molar-refractivity contribution in [2.45, 2.75) is 0 Å². The van der Waals surface area contributed by atoms with E-state index in [2.05, 4.69) is 4.98 Å². The zero-order valence-electron chi connectivity index (χ0n) is 8.22. The van der Waals surface area contributed by atoms with Crippen LogP contribution < -0.4 is 0 Å². The Bertz CT molecular complexity index is 589. The number of aromatic hydroxyl groups is 1. The van der Waals surface area contributed by atoms with E-state index in [1.165, 1.54) is 12.1 Å². The van der Waals surface area contributed by atoms with E-state index in [1.807, 2.05) is 0 Å². The van der Waals surface area contributed by atoms with Gasteiger partial charge in [0, 0.05) is 11.6 Å². The summed E-state index contributed by atoms with van der Waals surface area (Å²) in [5.74, 6) is -1.00. The normalized spacial score (nSPS) is 10.6. The zero-order chi connectivity index (χ0) is 12.6. The maximum absolute atomic E-state index is 13.6. The third-order valence-corrected chi connectivity index (χ3v) is 3.23. The zero-order valence-corrected chi connectivity index (χ0v) is 10.5. The van der Waals surface area contributed by atoms with Crippen LogP contribution >= 0.6 is 34.8 Å². The topological polar surface area (TPSA) is 33.1 Å². The van der Waals surface area contributed by atoms with Crippen LogP contribution in [0, 0.1) is 5.82 Å². The number of hydrogen-bond donors (Lipinski definition) is 1. The maximum atomic E-state index is 13.6. The molecular formula is C11H5Cl3FNO. The summed E-state index contributed by atoms with van der Waals surface area (Å²) in [5.41, 5.74) is 0.152. The fourth-order valence-corrected chi connectivity index (χ4v) is 2.06. The largest absolute Gasteiger partial charge is 0.506 e. The van der Waals surface area contributed by atoms with Gasteiger partial charge in [-0.2, -0.15) is 0 Å². The summed E-state index contributed by atoms with van der Waals surface area (Å²) in [5, 5.41) is 9.69. The molecule has 1 aromatic carbocycles. The molecule has 0 unspecified atom stereocenters. The van der Waals surface area contributed by atoms with Crippen molar-refractivity contribution in [3.8, 4) is 17.0 Å². The molecule has 2 aromatic rings. The van der Waals surface area contributed by atoms with Gasteiger partial charge in [-0.15, -0.1) is 0 Å². The quantitative estimate of drug-likeness (QED) is 0.782. The minimum absolute atomic E-state index is 0.0553. The molecule has 6 heteroatoms. The minimum atomic E-state index is -0.726. The van der Waals surface area contributed by atoms with Crippen LogP contribution in [0.5, 0.6) is 5.75 Å². The van der Waals surface area contributed by atoms with Gasteiger partial charge < -0.3 is 5.11 Å². The lowest BCUT2D eigenvalue weighted by molar-refractivity contribution is 0.466. The molecule has 0 aliphatic rings. The SMILES string of the molecule is Oc1cnc(-c2c(Cl)ccc(Cl)c2Cl)c(F)c1. The van der Waals surface area contributed by atoms with Crippen LogP contribution in [0.2, 0.25) is 15.1 Å². The summed E-state index contributed by atoms with van der Waals surface area (Å²) in [6.45, 7) is 0. The Balaban J connectivity index is 2.72. The van der Waals surface area contributed by atoms with E-state index in [0.29, 0.717) is 0 Å². The molecule has 0 spiro atoms. The Morgan fingerprint density at radius 3 is 2.41 bits per heavy atom. The van der Waals surface area contributed by atoms with Crippen LogP contribution in [0.3, 0.4) is 0 Å². The van der Waals surface area contributed by atoms with Crippen molar-refractivity contribution in [2.24, 2.45) is 0 Å². The van der Waals surface area contributed by atoms with E-state index in [-0.39, 0.29) is 32.1 Å². The molecule has 0 fully saturated rings. The third kappa shape index (κ3) is 2.32. The number of nitrogens with zero attached hydrogens (tertiary/aromatic N) is 1. The first-order valence-electron chi connectivity index (χ1n) is 4.49. The molecule has 0 saturated carbocycles. The van der Waals surface area contributed by atoms with Crippen molar-refractivity contribution in [3.05, 3.63) is 45.3 Å². The molecule has 1 aromatic heterocycles. The van der Waals surface area contributed by atoms with Crippen molar-refractivity contribution in [1.29, 1.82) is 0 Å². The fourth-order valence-electron chi connectivity index (χ4n) is 1.36. The van der Waals surface area contributed by atoms with Crippen LogP contribution in [0.1, 0.15) is 0 Å². The Hall–Kier alpha value is -1.03. The monoisotopic (exact) mass is 291 g/mol. The van der Waals surface area contributed by atoms with Crippen LogP contribution in [0.25, 0.3) is 11.3 Å². The number of hydrogen-bond acceptors (Lipinski definition) is 2. The van der Waals surface area contributed by atoms with Crippen LogP contribution in [-0.2, 0) is 0 Å². The number of rotatable bonds is 1. The molecular weight excluding hydrogens is 287 g/mol. The highest BCUT2D eigenvalue weighted by Gasteiger charge is 2.17. The van der Waals surface area contributed by atoms with Gasteiger partial charge in [0.15, 0.2) is 5.82 Å². The number of benzene rings is 1. The lowest BCUT2D eigenvalue weighted by atomic mass is 10.1. The van der Waals surface area contributed by atoms with Gasteiger partial charge >= 0.3 is 0 Å². The first-order chi connectivity index (χ1) is 8.00.